The van der Waals surface area contributed by atoms with E-state index in [-0.39, 0.29) is 5.97 Å². The zero-order chi connectivity index (χ0) is 16.2. The first-order chi connectivity index (χ1) is 10.4. The van der Waals surface area contributed by atoms with Gasteiger partial charge >= 0.3 is 5.97 Å². The lowest BCUT2D eigenvalue weighted by Gasteiger charge is -2.19. The molecule has 0 heterocycles. The Morgan fingerprint density at radius 2 is 1.95 bits per heavy atom. The van der Waals surface area contributed by atoms with Crippen molar-refractivity contribution in [3.8, 4) is 0 Å². The third kappa shape index (κ3) is 5.13. The summed E-state index contributed by atoms with van der Waals surface area (Å²) in [6, 6.07) is 10.2. The Hall–Kier alpha value is -1.35. The highest BCUT2D eigenvalue weighted by Crippen LogP contribution is 2.44. The fourth-order valence-electron chi connectivity index (χ4n) is 2.61. The minimum atomic E-state index is -0.415. The minimum absolute atomic E-state index is 0.114. The number of hydrogen-bond donors (Lipinski definition) is 0. The van der Waals surface area contributed by atoms with Gasteiger partial charge in [0.05, 0.1) is 25.2 Å². The molecule has 3 nitrogen and oxygen atoms in total. The van der Waals surface area contributed by atoms with Gasteiger partial charge in [-0.3, -0.25) is 4.79 Å². The molecule has 0 bridgehead atoms. The van der Waals surface area contributed by atoms with E-state index in [0.29, 0.717) is 31.0 Å². The summed E-state index contributed by atoms with van der Waals surface area (Å²) in [4.78, 5) is 11.8. The van der Waals surface area contributed by atoms with Gasteiger partial charge in [0.25, 0.3) is 0 Å². The van der Waals surface area contributed by atoms with E-state index in [1.54, 1.807) is 0 Å². The quantitative estimate of drug-likeness (QED) is 0.712. The van der Waals surface area contributed by atoms with Crippen LogP contribution >= 0.6 is 0 Å². The number of rotatable bonds is 7. The molecule has 3 heteroatoms. The maximum Gasteiger partial charge on any atom is 0.311 e. The lowest BCUT2D eigenvalue weighted by molar-refractivity contribution is -0.154. The molecule has 22 heavy (non-hydrogen) atoms. The van der Waals surface area contributed by atoms with Crippen molar-refractivity contribution in [2.24, 2.45) is 23.2 Å². The molecular formula is C19H28O3. The maximum absolute atomic E-state index is 11.8. The minimum Gasteiger partial charge on any atom is -0.465 e. The Bertz CT molecular complexity index is 475. The molecule has 0 saturated heterocycles. The summed E-state index contributed by atoms with van der Waals surface area (Å²) >= 11 is 0. The summed E-state index contributed by atoms with van der Waals surface area (Å²) in [6.45, 7) is 9.83. The van der Waals surface area contributed by atoms with E-state index in [1.165, 1.54) is 12.0 Å². The van der Waals surface area contributed by atoms with Crippen molar-refractivity contribution < 1.29 is 14.3 Å². The van der Waals surface area contributed by atoms with Gasteiger partial charge in [0.1, 0.15) is 0 Å². The highest BCUT2D eigenvalue weighted by Gasteiger charge is 2.41. The number of esters is 1. The molecule has 3 atom stereocenters. The zero-order valence-electron chi connectivity index (χ0n) is 14.2. The van der Waals surface area contributed by atoms with Crippen LogP contribution in [0.1, 0.15) is 39.7 Å². The smallest absolute Gasteiger partial charge is 0.311 e. The maximum atomic E-state index is 11.8. The van der Waals surface area contributed by atoms with E-state index in [9.17, 15) is 4.79 Å². The number of hydrogen-bond acceptors (Lipinski definition) is 3. The number of carbonyl (C=O) groups excluding carboxylic acids is 1. The predicted molar refractivity (Wildman–Crippen MR) is 87.3 cm³/mol. The molecule has 2 rings (SSSR count). The van der Waals surface area contributed by atoms with Crippen LogP contribution in [0.15, 0.2) is 30.3 Å². The van der Waals surface area contributed by atoms with E-state index in [0.717, 1.165) is 6.61 Å². The van der Waals surface area contributed by atoms with Crippen LogP contribution < -0.4 is 0 Å². The predicted octanol–water partition coefficient (Wildman–Crippen LogP) is 4.06. The van der Waals surface area contributed by atoms with Crippen LogP contribution in [0, 0.1) is 23.2 Å². The highest BCUT2D eigenvalue weighted by molar-refractivity contribution is 5.75. The van der Waals surface area contributed by atoms with Crippen LogP contribution in [0.4, 0.5) is 0 Å². The first kappa shape index (κ1) is 17.0. The van der Waals surface area contributed by atoms with Crippen LogP contribution in [0.25, 0.3) is 0 Å². The van der Waals surface area contributed by atoms with Crippen LogP contribution in [0.5, 0.6) is 0 Å². The van der Waals surface area contributed by atoms with Crippen molar-refractivity contribution in [1.82, 2.24) is 0 Å². The Kier molecular flexibility index (Phi) is 5.63. The van der Waals surface area contributed by atoms with Gasteiger partial charge in [0, 0.05) is 0 Å². The first-order valence-corrected chi connectivity index (χ1v) is 8.17. The average molecular weight is 304 g/mol. The van der Waals surface area contributed by atoms with Gasteiger partial charge in [0.15, 0.2) is 0 Å². The highest BCUT2D eigenvalue weighted by atomic mass is 16.5. The molecule has 0 aliphatic heterocycles. The van der Waals surface area contributed by atoms with Gasteiger partial charge in [-0.25, -0.2) is 0 Å². The third-order valence-electron chi connectivity index (χ3n) is 4.24. The van der Waals surface area contributed by atoms with Gasteiger partial charge in [0.2, 0.25) is 0 Å². The third-order valence-corrected chi connectivity index (χ3v) is 4.24. The van der Waals surface area contributed by atoms with E-state index in [2.05, 4.69) is 19.1 Å². The molecule has 0 radical (unpaired) electrons. The second-order valence-electron chi connectivity index (χ2n) is 7.49. The fourth-order valence-corrected chi connectivity index (χ4v) is 2.61. The van der Waals surface area contributed by atoms with E-state index >= 15 is 0 Å². The van der Waals surface area contributed by atoms with Gasteiger partial charge in [-0.1, -0.05) is 37.3 Å². The molecule has 0 amide bonds. The largest absolute Gasteiger partial charge is 0.465 e. The van der Waals surface area contributed by atoms with Crippen LogP contribution in [-0.4, -0.2) is 19.2 Å². The average Bonchev–Trinajstić information content (AvgIpc) is 3.24. The van der Waals surface area contributed by atoms with Crippen LogP contribution in [0.2, 0.25) is 0 Å². The topological polar surface area (TPSA) is 35.5 Å². The van der Waals surface area contributed by atoms with E-state index in [4.69, 9.17) is 9.47 Å². The van der Waals surface area contributed by atoms with Gasteiger partial charge in [-0.05, 0) is 50.5 Å². The van der Waals surface area contributed by atoms with E-state index < -0.39 is 5.41 Å². The van der Waals surface area contributed by atoms with Crippen molar-refractivity contribution in [2.75, 3.05) is 13.2 Å². The molecule has 1 fully saturated rings. The molecule has 1 aliphatic rings. The fraction of sp³-hybridized carbons (Fsp3) is 0.632. The summed E-state index contributed by atoms with van der Waals surface area (Å²) < 4.78 is 11.2. The van der Waals surface area contributed by atoms with Crippen molar-refractivity contribution >= 4 is 5.97 Å². The Labute approximate surface area is 134 Å². The number of benzene rings is 1. The van der Waals surface area contributed by atoms with E-state index in [1.807, 2.05) is 39.0 Å². The van der Waals surface area contributed by atoms with Gasteiger partial charge in [-0.2, -0.15) is 0 Å². The van der Waals surface area contributed by atoms with Crippen molar-refractivity contribution in [3.05, 3.63) is 35.9 Å². The molecular weight excluding hydrogens is 276 g/mol. The lowest BCUT2D eigenvalue weighted by atomic mass is 9.97. The monoisotopic (exact) mass is 304 g/mol. The van der Waals surface area contributed by atoms with Crippen LogP contribution in [-0.2, 0) is 20.9 Å². The SMILES string of the molecule is C[C@H](COC(=O)C(C)(C)C)[C@H]1C[C@H]1COCc1ccccc1. The summed E-state index contributed by atoms with van der Waals surface area (Å²) in [5.41, 5.74) is 0.799. The number of ether oxygens (including phenoxy) is 2. The molecule has 1 aliphatic carbocycles. The molecule has 0 spiro atoms. The molecule has 1 aromatic carbocycles. The molecule has 0 unspecified atom stereocenters. The van der Waals surface area contributed by atoms with Gasteiger partial charge in [-0.15, -0.1) is 0 Å². The molecule has 0 N–H and O–H groups in total. The van der Waals surface area contributed by atoms with Crippen molar-refractivity contribution in [1.29, 1.82) is 0 Å². The van der Waals surface area contributed by atoms with Crippen molar-refractivity contribution in [3.63, 3.8) is 0 Å². The molecule has 0 aromatic heterocycles. The standard InChI is InChI=1S/C19H28O3/c1-14(11-22-18(20)19(2,3)4)17-10-16(17)13-21-12-15-8-6-5-7-9-15/h5-9,14,16-17H,10-13H2,1-4H3/t14-,16+,17-/m1/s1. The van der Waals surface area contributed by atoms with Crippen molar-refractivity contribution in [2.45, 2.75) is 40.7 Å². The number of carbonyl (C=O) groups is 1. The van der Waals surface area contributed by atoms with Crippen LogP contribution in [0.3, 0.4) is 0 Å². The Morgan fingerprint density at radius 3 is 2.59 bits per heavy atom. The molecule has 122 valence electrons. The lowest BCUT2D eigenvalue weighted by Crippen LogP contribution is -2.25. The summed E-state index contributed by atoms with van der Waals surface area (Å²) in [6.07, 6.45) is 1.18. The second kappa shape index (κ2) is 7.28. The summed E-state index contributed by atoms with van der Waals surface area (Å²) in [7, 11) is 0. The summed E-state index contributed by atoms with van der Waals surface area (Å²) in [5, 5.41) is 0. The second-order valence-corrected chi connectivity index (χ2v) is 7.49. The molecule has 1 aromatic rings. The zero-order valence-corrected chi connectivity index (χ0v) is 14.2. The Balaban J connectivity index is 1.62. The normalized spacial score (nSPS) is 22.2. The summed E-state index contributed by atoms with van der Waals surface area (Å²) in [5.74, 6) is 1.55. The first-order valence-electron chi connectivity index (χ1n) is 8.17. The Morgan fingerprint density at radius 1 is 1.27 bits per heavy atom. The van der Waals surface area contributed by atoms with Gasteiger partial charge < -0.3 is 9.47 Å². The molecule has 1 saturated carbocycles.